The van der Waals surface area contributed by atoms with Crippen LogP contribution >= 0.6 is 0 Å². The highest BCUT2D eigenvalue weighted by atomic mass is 16.2. The maximum atomic E-state index is 12.8. The number of amides is 2. The van der Waals surface area contributed by atoms with Crippen LogP contribution in [0.3, 0.4) is 0 Å². The van der Waals surface area contributed by atoms with E-state index in [0.717, 1.165) is 41.6 Å². The zero-order chi connectivity index (χ0) is 18.8. The third-order valence-electron chi connectivity index (χ3n) is 5.03. The van der Waals surface area contributed by atoms with Gasteiger partial charge in [-0.2, -0.15) is 0 Å². The Balaban J connectivity index is 1.80. The topological polar surface area (TPSA) is 61.4 Å². The van der Waals surface area contributed by atoms with Crippen molar-refractivity contribution in [2.75, 3.05) is 30.4 Å². The van der Waals surface area contributed by atoms with Gasteiger partial charge in [-0.3, -0.25) is 0 Å². The molecular weight excluding hydrogens is 326 g/mol. The van der Waals surface area contributed by atoms with Crippen LogP contribution < -0.4 is 10.2 Å². The summed E-state index contributed by atoms with van der Waals surface area (Å²) < 4.78 is 0. The molecule has 1 N–H and O–H groups in total. The van der Waals surface area contributed by atoms with Gasteiger partial charge in [-0.1, -0.05) is 6.07 Å². The predicted molar refractivity (Wildman–Crippen MR) is 105 cm³/mol. The fourth-order valence-electron chi connectivity index (χ4n) is 3.18. The summed E-state index contributed by atoms with van der Waals surface area (Å²) in [6.45, 7) is 10.2. The molecule has 1 aromatic carbocycles. The Labute approximate surface area is 155 Å². The van der Waals surface area contributed by atoms with Gasteiger partial charge in [-0.15, -0.1) is 0 Å². The van der Waals surface area contributed by atoms with Gasteiger partial charge < -0.3 is 15.1 Å². The second kappa shape index (κ2) is 7.32. The number of hydrogen-bond acceptors (Lipinski definition) is 4. The molecule has 2 aromatic rings. The van der Waals surface area contributed by atoms with Crippen molar-refractivity contribution in [3.63, 3.8) is 0 Å². The minimum absolute atomic E-state index is 0.0791. The number of nitrogens with zero attached hydrogens (tertiary/aromatic N) is 4. The molecule has 0 radical (unpaired) electrons. The number of fused-ring (bicyclic) bond motifs is 1. The molecule has 0 aliphatic carbocycles. The average Bonchev–Trinajstić information content (AvgIpc) is 2.63. The summed E-state index contributed by atoms with van der Waals surface area (Å²) in [4.78, 5) is 25.9. The third kappa shape index (κ3) is 3.64. The number of benzene rings is 1. The maximum absolute atomic E-state index is 12.8. The van der Waals surface area contributed by atoms with E-state index < -0.39 is 0 Å². The SMILES string of the molecule is CCN(C)c1nc(C)nc2c1CN(C(=O)Nc1ccc(C)c(C)c1)CC2. The van der Waals surface area contributed by atoms with Crippen LogP contribution in [-0.2, 0) is 13.0 Å². The van der Waals surface area contributed by atoms with Gasteiger partial charge in [0.05, 0.1) is 12.2 Å². The van der Waals surface area contributed by atoms with Crippen LogP contribution in [-0.4, -0.2) is 41.0 Å². The Bertz CT molecular complexity index is 833. The molecule has 0 saturated heterocycles. The number of rotatable bonds is 3. The third-order valence-corrected chi connectivity index (χ3v) is 5.03. The van der Waals surface area contributed by atoms with E-state index in [1.807, 2.05) is 37.1 Å². The molecule has 3 rings (SSSR count). The number of carbonyl (C=O) groups is 1. The summed E-state index contributed by atoms with van der Waals surface area (Å²) >= 11 is 0. The van der Waals surface area contributed by atoms with Crippen molar-refractivity contribution in [3.05, 3.63) is 46.4 Å². The molecule has 0 bridgehead atoms. The number of aromatic nitrogens is 2. The molecule has 1 aliphatic rings. The van der Waals surface area contributed by atoms with E-state index in [1.54, 1.807) is 0 Å². The Morgan fingerprint density at radius 3 is 2.69 bits per heavy atom. The molecule has 6 nitrogen and oxygen atoms in total. The van der Waals surface area contributed by atoms with Crippen molar-refractivity contribution < 1.29 is 4.79 Å². The number of aryl methyl sites for hydroxylation is 3. The first-order valence-corrected chi connectivity index (χ1v) is 9.09. The molecule has 0 unspecified atom stereocenters. The zero-order valence-electron chi connectivity index (χ0n) is 16.3. The Morgan fingerprint density at radius 2 is 2.00 bits per heavy atom. The lowest BCUT2D eigenvalue weighted by atomic mass is 10.1. The van der Waals surface area contributed by atoms with E-state index in [9.17, 15) is 4.79 Å². The first-order chi connectivity index (χ1) is 12.4. The van der Waals surface area contributed by atoms with Crippen LogP contribution in [0.5, 0.6) is 0 Å². The average molecular weight is 353 g/mol. The van der Waals surface area contributed by atoms with Gasteiger partial charge in [0.15, 0.2) is 0 Å². The quantitative estimate of drug-likeness (QED) is 0.918. The molecule has 138 valence electrons. The van der Waals surface area contributed by atoms with E-state index in [4.69, 9.17) is 0 Å². The van der Waals surface area contributed by atoms with Crippen molar-refractivity contribution in [1.29, 1.82) is 0 Å². The van der Waals surface area contributed by atoms with Crippen molar-refractivity contribution in [3.8, 4) is 0 Å². The van der Waals surface area contributed by atoms with Crippen molar-refractivity contribution >= 4 is 17.5 Å². The Kier molecular flexibility index (Phi) is 5.11. The van der Waals surface area contributed by atoms with Gasteiger partial charge >= 0.3 is 6.03 Å². The van der Waals surface area contributed by atoms with Crippen LogP contribution in [0.2, 0.25) is 0 Å². The highest BCUT2D eigenvalue weighted by Gasteiger charge is 2.26. The van der Waals surface area contributed by atoms with Crippen molar-refractivity contribution in [1.82, 2.24) is 14.9 Å². The second-order valence-corrected chi connectivity index (χ2v) is 6.93. The number of urea groups is 1. The van der Waals surface area contributed by atoms with E-state index in [1.165, 1.54) is 11.1 Å². The van der Waals surface area contributed by atoms with Gasteiger partial charge in [-0.25, -0.2) is 14.8 Å². The lowest BCUT2D eigenvalue weighted by Gasteiger charge is -2.31. The minimum Gasteiger partial charge on any atom is -0.360 e. The minimum atomic E-state index is -0.0791. The summed E-state index contributed by atoms with van der Waals surface area (Å²) in [5, 5.41) is 3.02. The molecule has 1 aliphatic heterocycles. The number of hydrogen-bond donors (Lipinski definition) is 1. The van der Waals surface area contributed by atoms with Crippen molar-refractivity contribution in [2.24, 2.45) is 0 Å². The highest BCUT2D eigenvalue weighted by Crippen LogP contribution is 2.26. The molecular formula is C20H27N5O. The summed E-state index contributed by atoms with van der Waals surface area (Å²) in [6.07, 6.45) is 0.754. The van der Waals surface area contributed by atoms with Gasteiger partial charge in [0.25, 0.3) is 0 Å². The molecule has 0 spiro atoms. The normalized spacial score (nSPS) is 13.3. The number of anilines is 2. The van der Waals surface area contributed by atoms with Crippen LogP contribution in [0, 0.1) is 20.8 Å². The van der Waals surface area contributed by atoms with Gasteiger partial charge in [0.2, 0.25) is 0 Å². The first kappa shape index (κ1) is 18.2. The fourth-order valence-corrected chi connectivity index (χ4v) is 3.18. The standard InChI is InChI=1S/C20H27N5O/c1-6-24(5)19-17-12-25(10-9-18(17)21-15(4)22-19)20(26)23-16-8-7-13(2)14(3)11-16/h7-8,11H,6,9-10,12H2,1-5H3,(H,23,26). The first-order valence-electron chi connectivity index (χ1n) is 9.09. The summed E-state index contributed by atoms with van der Waals surface area (Å²) in [5.74, 6) is 1.71. The summed E-state index contributed by atoms with van der Waals surface area (Å²) in [6, 6.07) is 5.90. The smallest absolute Gasteiger partial charge is 0.322 e. The van der Waals surface area contributed by atoms with Gasteiger partial charge in [0.1, 0.15) is 11.6 Å². The molecule has 0 saturated carbocycles. The largest absolute Gasteiger partial charge is 0.360 e. The molecule has 0 fully saturated rings. The van der Waals surface area contributed by atoms with Crippen molar-refractivity contribution in [2.45, 2.75) is 40.7 Å². The number of carbonyl (C=O) groups excluding carboxylic acids is 1. The van der Waals surface area contributed by atoms with Gasteiger partial charge in [0, 0.05) is 37.8 Å². The van der Waals surface area contributed by atoms with Crippen LogP contribution in [0.1, 0.15) is 35.1 Å². The lowest BCUT2D eigenvalue weighted by Crippen LogP contribution is -2.40. The number of nitrogens with one attached hydrogen (secondary N) is 1. The van der Waals surface area contributed by atoms with E-state index in [0.29, 0.717) is 13.1 Å². The highest BCUT2D eigenvalue weighted by molar-refractivity contribution is 5.89. The molecule has 26 heavy (non-hydrogen) atoms. The van der Waals surface area contributed by atoms with Gasteiger partial charge in [-0.05, 0) is 51.0 Å². The molecule has 2 amide bonds. The molecule has 6 heteroatoms. The maximum Gasteiger partial charge on any atom is 0.322 e. The van der Waals surface area contributed by atoms with E-state index in [2.05, 4.69) is 41.0 Å². The summed E-state index contributed by atoms with van der Waals surface area (Å²) in [7, 11) is 2.02. The Morgan fingerprint density at radius 1 is 1.23 bits per heavy atom. The fraction of sp³-hybridized carbons (Fsp3) is 0.450. The van der Waals surface area contributed by atoms with Crippen LogP contribution in [0.15, 0.2) is 18.2 Å². The zero-order valence-corrected chi connectivity index (χ0v) is 16.3. The van der Waals surface area contributed by atoms with E-state index in [-0.39, 0.29) is 6.03 Å². The summed E-state index contributed by atoms with van der Waals surface area (Å²) in [5.41, 5.74) is 5.33. The monoisotopic (exact) mass is 353 g/mol. The predicted octanol–water partition coefficient (Wildman–Crippen LogP) is 3.45. The molecule has 0 atom stereocenters. The second-order valence-electron chi connectivity index (χ2n) is 6.93. The van der Waals surface area contributed by atoms with E-state index >= 15 is 0 Å². The molecule has 1 aromatic heterocycles. The lowest BCUT2D eigenvalue weighted by molar-refractivity contribution is 0.206. The van der Waals surface area contributed by atoms with Crippen LogP contribution in [0.25, 0.3) is 0 Å². The Hall–Kier alpha value is -2.63. The van der Waals surface area contributed by atoms with Crippen LogP contribution in [0.4, 0.5) is 16.3 Å². The molecule has 2 heterocycles.